The van der Waals surface area contributed by atoms with E-state index in [2.05, 4.69) is 41.2 Å². The lowest BCUT2D eigenvalue weighted by molar-refractivity contribution is 0.140. The standard InChI is InChI=1S/C16H23N3O/c1-12-4-5-13-10-14(6-7-15(13)18-12)16(11-17)19(2)8-9-20-3/h4-7,10,16H,8-9,11,17H2,1-3H3. The van der Waals surface area contributed by atoms with Crippen molar-refractivity contribution in [2.75, 3.05) is 33.9 Å². The summed E-state index contributed by atoms with van der Waals surface area (Å²) in [6.07, 6.45) is 0. The van der Waals surface area contributed by atoms with E-state index in [4.69, 9.17) is 10.5 Å². The Hall–Kier alpha value is -1.49. The Morgan fingerprint density at radius 1 is 1.30 bits per heavy atom. The molecule has 20 heavy (non-hydrogen) atoms. The van der Waals surface area contributed by atoms with E-state index in [9.17, 15) is 0 Å². The summed E-state index contributed by atoms with van der Waals surface area (Å²) >= 11 is 0. The second kappa shape index (κ2) is 6.79. The predicted molar refractivity (Wildman–Crippen MR) is 82.8 cm³/mol. The van der Waals surface area contributed by atoms with Gasteiger partial charge in [0, 0.05) is 37.3 Å². The number of nitrogens with two attached hydrogens (primary N) is 1. The van der Waals surface area contributed by atoms with Crippen LogP contribution in [0, 0.1) is 6.92 Å². The summed E-state index contributed by atoms with van der Waals surface area (Å²) in [5.74, 6) is 0. The summed E-state index contributed by atoms with van der Waals surface area (Å²) in [6.45, 7) is 4.17. The lowest BCUT2D eigenvalue weighted by Crippen LogP contribution is -2.32. The Balaban J connectivity index is 2.27. The molecule has 0 aliphatic heterocycles. The van der Waals surface area contributed by atoms with Crippen LogP contribution in [-0.4, -0.2) is 43.7 Å². The number of pyridine rings is 1. The van der Waals surface area contributed by atoms with Crippen LogP contribution in [-0.2, 0) is 4.74 Å². The third-order valence-corrected chi connectivity index (χ3v) is 3.64. The molecular formula is C16H23N3O. The maximum atomic E-state index is 5.95. The van der Waals surface area contributed by atoms with Gasteiger partial charge in [-0.1, -0.05) is 12.1 Å². The zero-order chi connectivity index (χ0) is 14.5. The molecule has 0 fully saturated rings. The Morgan fingerprint density at radius 3 is 2.80 bits per heavy atom. The first-order valence-corrected chi connectivity index (χ1v) is 6.92. The lowest BCUT2D eigenvalue weighted by Gasteiger charge is -2.27. The number of rotatable bonds is 6. The van der Waals surface area contributed by atoms with Crippen molar-refractivity contribution in [2.24, 2.45) is 5.73 Å². The van der Waals surface area contributed by atoms with E-state index in [0.717, 1.165) is 23.1 Å². The van der Waals surface area contributed by atoms with Crippen LogP contribution in [0.15, 0.2) is 30.3 Å². The second-order valence-electron chi connectivity index (χ2n) is 5.13. The number of ether oxygens (including phenoxy) is 1. The van der Waals surface area contributed by atoms with Crippen molar-refractivity contribution in [3.05, 3.63) is 41.6 Å². The van der Waals surface area contributed by atoms with E-state index in [1.165, 1.54) is 5.56 Å². The van der Waals surface area contributed by atoms with Gasteiger partial charge in [-0.3, -0.25) is 9.88 Å². The molecule has 1 aromatic heterocycles. The molecular weight excluding hydrogens is 250 g/mol. The van der Waals surface area contributed by atoms with Crippen molar-refractivity contribution in [1.29, 1.82) is 0 Å². The first kappa shape index (κ1) is 14.9. The molecule has 4 nitrogen and oxygen atoms in total. The molecule has 1 aromatic carbocycles. The van der Waals surface area contributed by atoms with E-state index in [0.29, 0.717) is 13.2 Å². The zero-order valence-electron chi connectivity index (χ0n) is 12.5. The number of aryl methyl sites for hydroxylation is 1. The van der Waals surface area contributed by atoms with E-state index in [1.807, 2.05) is 13.0 Å². The minimum absolute atomic E-state index is 0.204. The minimum atomic E-state index is 0.204. The average Bonchev–Trinajstić information content (AvgIpc) is 2.46. The number of likely N-dealkylation sites (N-methyl/N-ethyl adjacent to an activating group) is 1. The van der Waals surface area contributed by atoms with E-state index in [1.54, 1.807) is 7.11 Å². The van der Waals surface area contributed by atoms with Crippen LogP contribution < -0.4 is 5.73 Å². The van der Waals surface area contributed by atoms with Gasteiger partial charge in [-0.05, 0) is 37.7 Å². The smallest absolute Gasteiger partial charge is 0.0705 e. The van der Waals surface area contributed by atoms with E-state index >= 15 is 0 Å². The fourth-order valence-electron chi connectivity index (χ4n) is 2.41. The normalized spacial score (nSPS) is 13.1. The SMILES string of the molecule is COCCN(C)C(CN)c1ccc2nc(C)ccc2c1. The monoisotopic (exact) mass is 273 g/mol. The summed E-state index contributed by atoms with van der Waals surface area (Å²) < 4.78 is 5.13. The molecule has 2 rings (SSSR count). The van der Waals surface area contributed by atoms with Gasteiger partial charge >= 0.3 is 0 Å². The zero-order valence-corrected chi connectivity index (χ0v) is 12.5. The predicted octanol–water partition coefficient (Wildman–Crippen LogP) is 2.12. The molecule has 0 saturated carbocycles. The first-order chi connectivity index (χ1) is 9.65. The van der Waals surface area contributed by atoms with Crippen LogP contribution in [0.4, 0.5) is 0 Å². The molecule has 0 amide bonds. The van der Waals surface area contributed by atoms with Crippen LogP contribution >= 0.6 is 0 Å². The van der Waals surface area contributed by atoms with Crippen LogP contribution in [0.5, 0.6) is 0 Å². The molecule has 108 valence electrons. The molecule has 0 bridgehead atoms. The maximum Gasteiger partial charge on any atom is 0.0705 e. The van der Waals surface area contributed by atoms with Crippen molar-refractivity contribution in [2.45, 2.75) is 13.0 Å². The van der Waals surface area contributed by atoms with Crippen LogP contribution in [0.3, 0.4) is 0 Å². The van der Waals surface area contributed by atoms with Gasteiger partial charge in [-0.15, -0.1) is 0 Å². The largest absolute Gasteiger partial charge is 0.383 e. The summed E-state index contributed by atoms with van der Waals surface area (Å²) in [6, 6.07) is 10.7. The summed E-state index contributed by atoms with van der Waals surface area (Å²) in [7, 11) is 3.80. The van der Waals surface area contributed by atoms with Gasteiger partial charge in [0.25, 0.3) is 0 Å². The topological polar surface area (TPSA) is 51.4 Å². The van der Waals surface area contributed by atoms with Gasteiger partial charge in [0.15, 0.2) is 0 Å². The molecule has 1 heterocycles. The van der Waals surface area contributed by atoms with Crippen LogP contribution in [0.1, 0.15) is 17.3 Å². The van der Waals surface area contributed by atoms with E-state index < -0.39 is 0 Å². The molecule has 2 N–H and O–H groups in total. The molecule has 2 aromatic rings. The average molecular weight is 273 g/mol. The summed E-state index contributed by atoms with van der Waals surface area (Å²) in [4.78, 5) is 6.76. The second-order valence-corrected chi connectivity index (χ2v) is 5.13. The fraction of sp³-hybridized carbons (Fsp3) is 0.438. The van der Waals surface area contributed by atoms with Crippen molar-refractivity contribution in [3.8, 4) is 0 Å². The Kier molecular flexibility index (Phi) is 5.06. The molecule has 0 spiro atoms. The van der Waals surface area contributed by atoms with Gasteiger partial charge in [0.2, 0.25) is 0 Å². The first-order valence-electron chi connectivity index (χ1n) is 6.92. The molecule has 0 saturated heterocycles. The molecule has 1 atom stereocenters. The summed E-state index contributed by atoms with van der Waals surface area (Å²) in [5.41, 5.74) is 9.24. The van der Waals surface area contributed by atoms with Crippen molar-refractivity contribution in [3.63, 3.8) is 0 Å². The Bertz CT molecular complexity index is 571. The number of benzene rings is 1. The third kappa shape index (κ3) is 3.33. The quantitative estimate of drug-likeness (QED) is 0.876. The maximum absolute atomic E-state index is 5.95. The van der Waals surface area contributed by atoms with E-state index in [-0.39, 0.29) is 6.04 Å². The highest BCUT2D eigenvalue weighted by Crippen LogP contribution is 2.22. The highest BCUT2D eigenvalue weighted by atomic mass is 16.5. The number of fused-ring (bicyclic) bond motifs is 1. The van der Waals surface area contributed by atoms with Crippen molar-refractivity contribution >= 4 is 10.9 Å². The molecule has 1 unspecified atom stereocenters. The van der Waals surface area contributed by atoms with Crippen LogP contribution in [0.2, 0.25) is 0 Å². The van der Waals surface area contributed by atoms with Crippen LogP contribution in [0.25, 0.3) is 10.9 Å². The Morgan fingerprint density at radius 2 is 2.10 bits per heavy atom. The highest BCUT2D eigenvalue weighted by molar-refractivity contribution is 5.79. The summed E-state index contributed by atoms with van der Waals surface area (Å²) in [5, 5.41) is 1.16. The number of hydrogen-bond donors (Lipinski definition) is 1. The third-order valence-electron chi connectivity index (χ3n) is 3.64. The fourth-order valence-corrected chi connectivity index (χ4v) is 2.41. The van der Waals surface area contributed by atoms with Gasteiger partial charge in [-0.2, -0.15) is 0 Å². The number of nitrogens with zero attached hydrogens (tertiary/aromatic N) is 2. The number of hydrogen-bond acceptors (Lipinski definition) is 4. The van der Waals surface area contributed by atoms with Gasteiger partial charge < -0.3 is 10.5 Å². The lowest BCUT2D eigenvalue weighted by atomic mass is 10.0. The van der Waals surface area contributed by atoms with Crippen molar-refractivity contribution in [1.82, 2.24) is 9.88 Å². The van der Waals surface area contributed by atoms with Gasteiger partial charge in [0.05, 0.1) is 12.1 Å². The molecule has 4 heteroatoms. The number of aromatic nitrogens is 1. The van der Waals surface area contributed by atoms with Crippen molar-refractivity contribution < 1.29 is 4.74 Å². The molecule has 0 aliphatic carbocycles. The Labute approximate surface area is 120 Å². The molecule has 0 aliphatic rings. The molecule has 0 radical (unpaired) electrons. The minimum Gasteiger partial charge on any atom is -0.383 e. The van der Waals surface area contributed by atoms with Gasteiger partial charge in [-0.25, -0.2) is 0 Å². The van der Waals surface area contributed by atoms with Gasteiger partial charge in [0.1, 0.15) is 0 Å². The number of methoxy groups -OCH3 is 1. The highest BCUT2D eigenvalue weighted by Gasteiger charge is 2.15.